The van der Waals surface area contributed by atoms with Gasteiger partial charge in [-0.3, -0.25) is 9.78 Å². The molecule has 0 fully saturated rings. The Morgan fingerprint density at radius 2 is 2.14 bits per heavy atom. The molecule has 3 rings (SSSR count). The summed E-state index contributed by atoms with van der Waals surface area (Å²) in [6.45, 7) is 0. The number of anilines is 1. The molecule has 1 aromatic carbocycles. The van der Waals surface area contributed by atoms with Crippen molar-refractivity contribution >= 4 is 23.2 Å². The Balaban J connectivity index is 1.95. The van der Waals surface area contributed by atoms with Crippen molar-refractivity contribution in [3.8, 4) is 5.69 Å². The standard InChI is InChI=1S/C14H10ClN5O/c15-10-4-5-13(20-9-16-8-18-20)12(7-10)19-14(21)11-3-1-2-6-17-11/h1-9H,(H,19,21). The first-order chi connectivity index (χ1) is 10.2. The van der Waals surface area contributed by atoms with E-state index in [1.807, 2.05) is 0 Å². The number of aromatic nitrogens is 4. The molecule has 0 saturated heterocycles. The van der Waals surface area contributed by atoms with E-state index in [9.17, 15) is 4.79 Å². The number of hydrogen-bond donors (Lipinski definition) is 1. The number of nitrogens with zero attached hydrogens (tertiary/aromatic N) is 4. The SMILES string of the molecule is O=C(Nc1cc(Cl)ccc1-n1cncn1)c1ccccn1. The average Bonchev–Trinajstić information content (AvgIpc) is 3.02. The van der Waals surface area contributed by atoms with Gasteiger partial charge in [-0.1, -0.05) is 17.7 Å². The summed E-state index contributed by atoms with van der Waals surface area (Å²) in [5, 5.41) is 7.34. The molecule has 1 N–H and O–H groups in total. The molecule has 104 valence electrons. The molecular weight excluding hydrogens is 290 g/mol. The summed E-state index contributed by atoms with van der Waals surface area (Å²) in [6, 6.07) is 10.3. The van der Waals surface area contributed by atoms with Crippen molar-refractivity contribution in [1.29, 1.82) is 0 Å². The molecule has 1 amide bonds. The summed E-state index contributed by atoms with van der Waals surface area (Å²) in [6.07, 6.45) is 4.52. The van der Waals surface area contributed by atoms with Crippen LogP contribution in [0.5, 0.6) is 0 Å². The largest absolute Gasteiger partial charge is 0.319 e. The third-order valence-corrected chi connectivity index (χ3v) is 3.00. The topological polar surface area (TPSA) is 72.7 Å². The highest BCUT2D eigenvalue weighted by molar-refractivity contribution is 6.31. The van der Waals surface area contributed by atoms with E-state index in [2.05, 4.69) is 20.4 Å². The molecule has 7 heteroatoms. The number of rotatable bonds is 3. The molecule has 0 aliphatic rings. The predicted molar refractivity (Wildman–Crippen MR) is 78.6 cm³/mol. The summed E-state index contributed by atoms with van der Waals surface area (Å²) in [7, 11) is 0. The van der Waals surface area contributed by atoms with Gasteiger partial charge in [-0.05, 0) is 30.3 Å². The molecule has 0 spiro atoms. The molecule has 0 aliphatic heterocycles. The first-order valence-electron chi connectivity index (χ1n) is 6.11. The fraction of sp³-hybridized carbons (Fsp3) is 0. The molecule has 0 aliphatic carbocycles. The lowest BCUT2D eigenvalue weighted by Gasteiger charge is -2.11. The van der Waals surface area contributed by atoms with E-state index in [0.29, 0.717) is 22.1 Å². The van der Waals surface area contributed by atoms with E-state index in [4.69, 9.17) is 11.6 Å². The summed E-state index contributed by atoms with van der Waals surface area (Å²) in [5.74, 6) is -0.320. The molecular formula is C14H10ClN5O. The lowest BCUT2D eigenvalue weighted by atomic mass is 10.2. The minimum absolute atomic E-state index is 0.320. The Hall–Kier alpha value is -2.73. The Bertz CT molecular complexity index is 758. The average molecular weight is 300 g/mol. The van der Waals surface area contributed by atoms with E-state index >= 15 is 0 Å². The van der Waals surface area contributed by atoms with Crippen molar-refractivity contribution in [3.05, 3.63) is 66.0 Å². The van der Waals surface area contributed by atoms with Crippen LogP contribution in [-0.2, 0) is 0 Å². The maximum absolute atomic E-state index is 12.2. The van der Waals surface area contributed by atoms with Crippen molar-refractivity contribution < 1.29 is 4.79 Å². The first kappa shape index (κ1) is 13.3. The third kappa shape index (κ3) is 2.90. The number of halogens is 1. The van der Waals surface area contributed by atoms with Gasteiger partial charge in [0.05, 0.1) is 11.4 Å². The third-order valence-electron chi connectivity index (χ3n) is 2.77. The normalized spacial score (nSPS) is 10.3. The Morgan fingerprint density at radius 3 is 2.86 bits per heavy atom. The van der Waals surface area contributed by atoms with Gasteiger partial charge in [0, 0.05) is 11.2 Å². The predicted octanol–water partition coefficient (Wildman–Crippen LogP) is 2.57. The monoisotopic (exact) mass is 299 g/mol. The molecule has 0 unspecified atom stereocenters. The molecule has 0 bridgehead atoms. The zero-order valence-corrected chi connectivity index (χ0v) is 11.5. The Labute approximate surface area is 125 Å². The number of carbonyl (C=O) groups is 1. The fourth-order valence-electron chi connectivity index (χ4n) is 1.82. The van der Waals surface area contributed by atoms with Crippen LogP contribution in [0.2, 0.25) is 5.02 Å². The van der Waals surface area contributed by atoms with Crippen molar-refractivity contribution in [1.82, 2.24) is 19.7 Å². The smallest absolute Gasteiger partial charge is 0.274 e. The summed E-state index contributed by atoms with van der Waals surface area (Å²) < 4.78 is 1.55. The van der Waals surface area contributed by atoms with E-state index < -0.39 is 0 Å². The summed E-state index contributed by atoms with van der Waals surface area (Å²) in [5.41, 5.74) is 1.52. The van der Waals surface area contributed by atoms with Gasteiger partial charge in [0.15, 0.2) is 0 Å². The molecule has 6 nitrogen and oxygen atoms in total. The highest BCUT2D eigenvalue weighted by Gasteiger charge is 2.12. The van der Waals surface area contributed by atoms with Crippen LogP contribution in [0, 0.1) is 0 Å². The van der Waals surface area contributed by atoms with Gasteiger partial charge in [0.25, 0.3) is 5.91 Å². The van der Waals surface area contributed by atoms with Crippen molar-refractivity contribution in [2.75, 3.05) is 5.32 Å². The highest BCUT2D eigenvalue weighted by atomic mass is 35.5. The van der Waals surface area contributed by atoms with Gasteiger partial charge in [-0.25, -0.2) is 9.67 Å². The van der Waals surface area contributed by atoms with Gasteiger partial charge >= 0.3 is 0 Å². The molecule has 2 aromatic heterocycles. The number of hydrogen-bond acceptors (Lipinski definition) is 4. The van der Waals surface area contributed by atoms with E-state index in [-0.39, 0.29) is 5.91 Å². The summed E-state index contributed by atoms with van der Waals surface area (Å²) in [4.78, 5) is 20.1. The van der Waals surface area contributed by atoms with Crippen LogP contribution < -0.4 is 5.32 Å². The Kier molecular flexibility index (Phi) is 3.61. The van der Waals surface area contributed by atoms with Crippen LogP contribution >= 0.6 is 11.6 Å². The van der Waals surface area contributed by atoms with Crippen LogP contribution in [0.3, 0.4) is 0 Å². The second-order valence-electron chi connectivity index (χ2n) is 4.17. The maximum Gasteiger partial charge on any atom is 0.274 e. The first-order valence-corrected chi connectivity index (χ1v) is 6.49. The van der Waals surface area contributed by atoms with E-state index in [0.717, 1.165) is 0 Å². The molecule has 3 aromatic rings. The number of nitrogens with one attached hydrogen (secondary N) is 1. The number of carbonyl (C=O) groups excluding carboxylic acids is 1. The van der Waals surface area contributed by atoms with Crippen LogP contribution in [-0.4, -0.2) is 25.7 Å². The highest BCUT2D eigenvalue weighted by Crippen LogP contribution is 2.24. The minimum atomic E-state index is -0.320. The van der Waals surface area contributed by atoms with Crippen LogP contribution in [0.25, 0.3) is 5.69 Å². The Morgan fingerprint density at radius 1 is 1.24 bits per heavy atom. The number of amides is 1. The molecule has 2 heterocycles. The zero-order valence-electron chi connectivity index (χ0n) is 10.8. The maximum atomic E-state index is 12.2. The minimum Gasteiger partial charge on any atom is -0.319 e. The van der Waals surface area contributed by atoms with E-state index in [1.54, 1.807) is 53.6 Å². The molecule has 0 radical (unpaired) electrons. The van der Waals surface area contributed by atoms with Crippen molar-refractivity contribution in [3.63, 3.8) is 0 Å². The van der Waals surface area contributed by atoms with Crippen LogP contribution in [0.4, 0.5) is 5.69 Å². The van der Waals surface area contributed by atoms with Gasteiger partial charge in [0.1, 0.15) is 18.3 Å². The van der Waals surface area contributed by atoms with Gasteiger partial charge in [-0.2, -0.15) is 5.10 Å². The van der Waals surface area contributed by atoms with Crippen molar-refractivity contribution in [2.24, 2.45) is 0 Å². The number of pyridine rings is 1. The number of benzene rings is 1. The second kappa shape index (κ2) is 5.72. The quantitative estimate of drug-likeness (QED) is 0.806. The van der Waals surface area contributed by atoms with Gasteiger partial charge in [0.2, 0.25) is 0 Å². The zero-order chi connectivity index (χ0) is 14.7. The molecule has 0 saturated carbocycles. The fourth-order valence-corrected chi connectivity index (χ4v) is 2.00. The van der Waals surface area contributed by atoms with Gasteiger partial charge in [-0.15, -0.1) is 0 Å². The molecule has 0 atom stereocenters. The lowest BCUT2D eigenvalue weighted by molar-refractivity contribution is 0.102. The van der Waals surface area contributed by atoms with Crippen LogP contribution in [0.1, 0.15) is 10.5 Å². The second-order valence-corrected chi connectivity index (χ2v) is 4.61. The van der Waals surface area contributed by atoms with E-state index in [1.165, 1.54) is 6.33 Å². The van der Waals surface area contributed by atoms with Crippen molar-refractivity contribution in [2.45, 2.75) is 0 Å². The molecule has 21 heavy (non-hydrogen) atoms. The van der Waals surface area contributed by atoms with Gasteiger partial charge < -0.3 is 5.32 Å². The summed E-state index contributed by atoms with van der Waals surface area (Å²) >= 11 is 6.00. The lowest BCUT2D eigenvalue weighted by Crippen LogP contribution is -2.15. The van der Waals surface area contributed by atoms with Crippen LogP contribution in [0.15, 0.2) is 55.2 Å².